The van der Waals surface area contributed by atoms with Crippen LogP contribution in [0.1, 0.15) is 32.2 Å². The Morgan fingerprint density at radius 1 is 1.28 bits per heavy atom. The van der Waals surface area contributed by atoms with Crippen LogP contribution in [0, 0.1) is 32.1 Å². The van der Waals surface area contributed by atoms with E-state index in [-0.39, 0.29) is 5.91 Å². The Morgan fingerprint density at radius 2 is 2.07 bits per heavy atom. The Labute approximate surface area is 171 Å². The number of rotatable bonds is 4. The molecule has 0 unspecified atom stereocenters. The molecule has 0 atom stereocenters. The molecule has 3 heterocycles. The van der Waals surface area contributed by atoms with Gasteiger partial charge in [-0.1, -0.05) is 0 Å². The number of aryl methyl sites for hydroxylation is 2. The van der Waals surface area contributed by atoms with Gasteiger partial charge in [-0.2, -0.15) is 5.26 Å². The zero-order valence-electron chi connectivity index (χ0n) is 16.5. The lowest BCUT2D eigenvalue weighted by Crippen LogP contribution is -2.14. The number of fused-ring (bicyclic) bond motifs is 1. The first-order valence-corrected chi connectivity index (χ1v) is 9.78. The lowest BCUT2D eigenvalue weighted by Gasteiger charge is -2.08. The number of hydrogen-bond donors (Lipinski definition) is 2. The Balaban J connectivity index is 1.67. The van der Waals surface area contributed by atoms with Gasteiger partial charge >= 0.3 is 0 Å². The number of aromatic amines is 1. The van der Waals surface area contributed by atoms with Gasteiger partial charge in [0.05, 0.1) is 29.3 Å². The van der Waals surface area contributed by atoms with Crippen LogP contribution in [-0.4, -0.2) is 27.6 Å². The van der Waals surface area contributed by atoms with Crippen molar-refractivity contribution in [2.24, 2.45) is 0 Å². The number of carbonyl (C=O) groups is 1. The number of imidazole rings is 1. The second kappa shape index (κ2) is 7.11. The summed E-state index contributed by atoms with van der Waals surface area (Å²) >= 11 is 1.53. The molecule has 146 valence electrons. The SMILES string of the molecule is COc1ccc2nc(NC(=O)c3cc(C)n(-c4sc(C)cc4C#N)c3C)[nH]c2c1. The average Bonchev–Trinajstić information content (AvgIpc) is 3.35. The molecule has 0 spiro atoms. The van der Waals surface area contributed by atoms with Crippen molar-refractivity contribution < 1.29 is 9.53 Å². The first kappa shape index (κ1) is 18.8. The molecule has 0 aliphatic carbocycles. The van der Waals surface area contributed by atoms with Crippen LogP contribution in [0.4, 0.5) is 5.95 Å². The van der Waals surface area contributed by atoms with Gasteiger partial charge in [0.15, 0.2) is 0 Å². The van der Waals surface area contributed by atoms with E-state index < -0.39 is 0 Å². The summed E-state index contributed by atoms with van der Waals surface area (Å²) in [5.41, 5.74) is 4.32. The first-order chi connectivity index (χ1) is 13.9. The normalized spacial score (nSPS) is 10.9. The number of hydrogen-bond acceptors (Lipinski definition) is 5. The maximum Gasteiger partial charge on any atom is 0.259 e. The van der Waals surface area contributed by atoms with E-state index in [2.05, 4.69) is 21.4 Å². The predicted octanol–water partition coefficient (Wildman–Crippen LogP) is 4.47. The smallest absolute Gasteiger partial charge is 0.259 e. The van der Waals surface area contributed by atoms with Crippen molar-refractivity contribution >= 4 is 34.2 Å². The molecule has 29 heavy (non-hydrogen) atoms. The number of H-pyrrole nitrogens is 1. The minimum atomic E-state index is -0.262. The van der Waals surface area contributed by atoms with E-state index in [9.17, 15) is 10.1 Å². The van der Waals surface area contributed by atoms with E-state index in [0.717, 1.165) is 32.3 Å². The molecule has 0 saturated carbocycles. The first-order valence-electron chi connectivity index (χ1n) is 8.96. The molecule has 1 aromatic carbocycles. The molecule has 7 nitrogen and oxygen atoms in total. The van der Waals surface area contributed by atoms with E-state index in [1.807, 2.05) is 55.7 Å². The lowest BCUT2D eigenvalue weighted by molar-refractivity contribution is 0.102. The van der Waals surface area contributed by atoms with E-state index in [4.69, 9.17) is 4.74 Å². The Kier molecular flexibility index (Phi) is 4.60. The number of thiophene rings is 1. The molecule has 8 heteroatoms. The fraction of sp³-hybridized carbons (Fsp3) is 0.190. The molecule has 4 rings (SSSR count). The highest BCUT2D eigenvalue weighted by Gasteiger charge is 2.20. The third-order valence-corrected chi connectivity index (χ3v) is 5.79. The summed E-state index contributed by atoms with van der Waals surface area (Å²) in [4.78, 5) is 21.5. The minimum Gasteiger partial charge on any atom is -0.497 e. The topological polar surface area (TPSA) is 95.7 Å². The fourth-order valence-electron chi connectivity index (χ4n) is 3.40. The van der Waals surface area contributed by atoms with E-state index in [1.165, 1.54) is 11.3 Å². The van der Waals surface area contributed by atoms with Gasteiger partial charge in [-0.25, -0.2) is 4.98 Å². The molecule has 0 fully saturated rings. The van der Waals surface area contributed by atoms with Gasteiger partial charge in [0, 0.05) is 22.3 Å². The van der Waals surface area contributed by atoms with Crippen LogP contribution >= 0.6 is 11.3 Å². The average molecular weight is 405 g/mol. The van der Waals surface area contributed by atoms with E-state index >= 15 is 0 Å². The van der Waals surface area contributed by atoms with Gasteiger partial charge in [-0.15, -0.1) is 11.3 Å². The Morgan fingerprint density at radius 3 is 2.79 bits per heavy atom. The number of ether oxygens (including phenoxy) is 1. The minimum absolute atomic E-state index is 0.262. The number of nitrogens with zero attached hydrogens (tertiary/aromatic N) is 3. The largest absolute Gasteiger partial charge is 0.497 e. The van der Waals surface area contributed by atoms with Crippen LogP contribution in [0.3, 0.4) is 0 Å². The number of benzene rings is 1. The van der Waals surface area contributed by atoms with E-state index in [1.54, 1.807) is 7.11 Å². The van der Waals surface area contributed by atoms with Gasteiger partial charge in [-0.05, 0) is 45.0 Å². The quantitative estimate of drug-likeness (QED) is 0.523. The van der Waals surface area contributed by atoms with Crippen molar-refractivity contribution in [3.63, 3.8) is 0 Å². The number of aromatic nitrogens is 3. The molecule has 4 aromatic rings. The van der Waals surface area contributed by atoms with Gasteiger partial charge < -0.3 is 14.3 Å². The van der Waals surface area contributed by atoms with Crippen LogP contribution in [0.2, 0.25) is 0 Å². The van der Waals surface area contributed by atoms with Crippen molar-refractivity contribution in [2.75, 3.05) is 12.4 Å². The highest BCUT2D eigenvalue weighted by Crippen LogP contribution is 2.30. The maximum absolute atomic E-state index is 12.9. The highest BCUT2D eigenvalue weighted by atomic mass is 32.1. The summed E-state index contributed by atoms with van der Waals surface area (Å²) < 4.78 is 7.17. The molecular formula is C21H19N5O2S. The molecule has 1 amide bonds. The van der Waals surface area contributed by atoms with Crippen LogP contribution in [-0.2, 0) is 0 Å². The summed E-state index contributed by atoms with van der Waals surface area (Å²) in [6.45, 7) is 5.77. The van der Waals surface area contributed by atoms with Crippen molar-refractivity contribution in [3.8, 4) is 16.8 Å². The number of nitrogens with one attached hydrogen (secondary N) is 2. The van der Waals surface area contributed by atoms with Gasteiger partial charge in [0.1, 0.15) is 16.8 Å². The third kappa shape index (κ3) is 3.26. The molecule has 2 N–H and O–H groups in total. The van der Waals surface area contributed by atoms with Gasteiger partial charge in [-0.3, -0.25) is 10.1 Å². The third-order valence-electron chi connectivity index (χ3n) is 4.76. The number of amides is 1. The maximum atomic E-state index is 12.9. The summed E-state index contributed by atoms with van der Waals surface area (Å²) in [5.74, 6) is 0.817. The highest BCUT2D eigenvalue weighted by molar-refractivity contribution is 7.14. The van der Waals surface area contributed by atoms with Crippen molar-refractivity contribution in [1.82, 2.24) is 14.5 Å². The lowest BCUT2D eigenvalue weighted by atomic mass is 10.2. The van der Waals surface area contributed by atoms with Crippen LogP contribution < -0.4 is 10.1 Å². The molecule has 0 aliphatic rings. The second-order valence-electron chi connectivity index (χ2n) is 6.73. The van der Waals surface area contributed by atoms with Crippen molar-refractivity contribution in [1.29, 1.82) is 5.26 Å². The zero-order chi connectivity index (χ0) is 20.7. The summed E-state index contributed by atoms with van der Waals surface area (Å²) in [5, 5.41) is 13.1. The zero-order valence-corrected chi connectivity index (χ0v) is 17.3. The molecular weight excluding hydrogens is 386 g/mol. The molecule has 0 bridgehead atoms. The number of methoxy groups -OCH3 is 1. The molecule has 0 aliphatic heterocycles. The van der Waals surface area contributed by atoms with Crippen LogP contribution in [0.25, 0.3) is 16.0 Å². The molecule has 3 aromatic heterocycles. The number of carbonyl (C=O) groups excluding carboxylic acids is 1. The Bertz CT molecular complexity index is 1290. The predicted molar refractivity (Wildman–Crippen MR) is 113 cm³/mol. The van der Waals surface area contributed by atoms with Crippen LogP contribution in [0.5, 0.6) is 5.75 Å². The number of nitriles is 1. The summed E-state index contributed by atoms with van der Waals surface area (Å²) in [6, 6.07) is 11.4. The Hall–Kier alpha value is -3.57. The molecule has 0 saturated heterocycles. The standard InChI is InChI=1S/C21H19N5O2S/c1-11-7-16(13(3)26(11)20-14(10-22)8-12(2)29-20)19(27)25-21-23-17-6-5-15(28-4)9-18(17)24-21/h5-9H,1-4H3,(H2,23,24,25,27). The van der Waals surface area contributed by atoms with Crippen molar-refractivity contribution in [3.05, 3.63) is 57.7 Å². The summed E-state index contributed by atoms with van der Waals surface area (Å²) in [6.07, 6.45) is 0. The van der Waals surface area contributed by atoms with Gasteiger partial charge in [0.2, 0.25) is 5.95 Å². The van der Waals surface area contributed by atoms with Crippen molar-refractivity contribution in [2.45, 2.75) is 20.8 Å². The molecule has 0 radical (unpaired) electrons. The monoisotopic (exact) mass is 405 g/mol. The number of anilines is 1. The van der Waals surface area contributed by atoms with Gasteiger partial charge in [0.25, 0.3) is 5.91 Å². The van der Waals surface area contributed by atoms with E-state index in [0.29, 0.717) is 22.8 Å². The van der Waals surface area contributed by atoms with Crippen LogP contribution in [0.15, 0.2) is 30.3 Å². The summed E-state index contributed by atoms with van der Waals surface area (Å²) in [7, 11) is 1.60. The second-order valence-corrected chi connectivity index (χ2v) is 7.97. The fourth-order valence-corrected chi connectivity index (χ4v) is 4.47.